The number of nitrogens with zero attached hydrogens (tertiary/aromatic N) is 4. The Bertz CT molecular complexity index is 800. The van der Waals surface area contributed by atoms with E-state index in [4.69, 9.17) is 9.15 Å². The maximum Gasteiger partial charge on any atom is 0.291 e. The maximum absolute atomic E-state index is 12.1. The summed E-state index contributed by atoms with van der Waals surface area (Å²) in [5, 5.41) is 13.7. The third-order valence-corrected chi connectivity index (χ3v) is 3.26. The minimum Gasteiger partial charge on any atom is -0.494 e. The molecule has 8 nitrogen and oxygen atoms in total. The highest BCUT2D eigenvalue weighted by Gasteiger charge is 2.13. The summed E-state index contributed by atoms with van der Waals surface area (Å²) in [7, 11) is 1.54. The molecule has 3 aromatic rings. The molecule has 0 spiro atoms. The second kappa shape index (κ2) is 5.98. The van der Waals surface area contributed by atoms with Crippen molar-refractivity contribution in [1.82, 2.24) is 20.2 Å². The van der Waals surface area contributed by atoms with Crippen LogP contribution in [-0.2, 0) is 0 Å². The van der Waals surface area contributed by atoms with E-state index in [9.17, 15) is 4.79 Å². The van der Waals surface area contributed by atoms with Crippen molar-refractivity contribution < 1.29 is 13.9 Å². The van der Waals surface area contributed by atoms with E-state index in [1.165, 1.54) is 11.0 Å². The van der Waals surface area contributed by atoms with E-state index < -0.39 is 0 Å². The van der Waals surface area contributed by atoms with Gasteiger partial charge in [-0.3, -0.25) is 4.79 Å². The zero-order valence-electron chi connectivity index (χ0n) is 11.4. The highest BCUT2D eigenvalue weighted by Crippen LogP contribution is 2.26. The molecule has 0 fully saturated rings. The SMILES string of the molecule is COc1ccc(NC(=O)c2ccc(Br)o2)cc1-n1cnnn1. The smallest absolute Gasteiger partial charge is 0.291 e. The van der Waals surface area contributed by atoms with Crippen LogP contribution in [0.25, 0.3) is 5.69 Å². The number of rotatable bonds is 4. The number of furan rings is 1. The van der Waals surface area contributed by atoms with E-state index in [0.29, 0.717) is 21.8 Å². The van der Waals surface area contributed by atoms with Gasteiger partial charge in [0.1, 0.15) is 17.8 Å². The molecule has 1 N–H and O–H groups in total. The van der Waals surface area contributed by atoms with Crippen molar-refractivity contribution in [2.45, 2.75) is 0 Å². The molecular weight excluding hydrogens is 354 g/mol. The van der Waals surface area contributed by atoms with Crippen LogP contribution in [0.3, 0.4) is 0 Å². The summed E-state index contributed by atoms with van der Waals surface area (Å²) < 4.78 is 12.4. The Hall–Kier alpha value is -2.68. The molecule has 1 aromatic carbocycles. The van der Waals surface area contributed by atoms with Gasteiger partial charge in [0.05, 0.1) is 7.11 Å². The van der Waals surface area contributed by atoms with Crippen LogP contribution in [-0.4, -0.2) is 33.2 Å². The van der Waals surface area contributed by atoms with E-state index in [2.05, 4.69) is 36.8 Å². The molecule has 0 radical (unpaired) electrons. The summed E-state index contributed by atoms with van der Waals surface area (Å²) in [6, 6.07) is 8.35. The van der Waals surface area contributed by atoms with Gasteiger partial charge in [-0.05, 0) is 56.7 Å². The van der Waals surface area contributed by atoms with Crippen LogP contribution in [0, 0.1) is 0 Å². The number of carbonyl (C=O) groups excluding carboxylic acids is 1. The molecule has 0 saturated heterocycles. The van der Waals surface area contributed by atoms with Crippen molar-refractivity contribution in [3.63, 3.8) is 0 Å². The Labute approximate surface area is 133 Å². The number of tetrazole rings is 1. The number of aromatic nitrogens is 4. The zero-order chi connectivity index (χ0) is 15.5. The van der Waals surface area contributed by atoms with Gasteiger partial charge >= 0.3 is 0 Å². The predicted molar refractivity (Wildman–Crippen MR) is 80.1 cm³/mol. The van der Waals surface area contributed by atoms with Gasteiger partial charge in [-0.15, -0.1) is 5.10 Å². The summed E-state index contributed by atoms with van der Waals surface area (Å²) in [5.74, 6) is 0.413. The molecule has 0 aliphatic heterocycles. The standard InChI is InChI=1S/C13H10BrN5O3/c1-21-10-3-2-8(6-9(10)19-7-15-17-18-19)16-13(20)11-4-5-12(14)22-11/h2-7H,1H3,(H,16,20). The van der Waals surface area contributed by atoms with Crippen LogP contribution in [0.1, 0.15) is 10.6 Å². The number of carbonyl (C=O) groups is 1. The molecule has 0 aliphatic rings. The van der Waals surface area contributed by atoms with E-state index in [1.54, 1.807) is 37.4 Å². The molecule has 3 rings (SSSR count). The lowest BCUT2D eigenvalue weighted by atomic mass is 10.2. The van der Waals surface area contributed by atoms with Crippen molar-refractivity contribution in [1.29, 1.82) is 0 Å². The number of benzene rings is 1. The molecule has 2 heterocycles. The maximum atomic E-state index is 12.1. The summed E-state index contributed by atoms with van der Waals surface area (Å²) in [4.78, 5) is 12.1. The predicted octanol–water partition coefficient (Wildman–Crippen LogP) is 2.28. The first-order chi connectivity index (χ1) is 10.7. The summed E-state index contributed by atoms with van der Waals surface area (Å²) in [6.45, 7) is 0. The third kappa shape index (κ3) is 2.84. The average Bonchev–Trinajstić information content (AvgIpc) is 3.18. The molecule has 0 unspecified atom stereocenters. The quantitative estimate of drug-likeness (QED) is 0.763. The van der Waals surface area contributed by atoms with Gasteiger partial charge in [-0.1, -0.05) is 0 Å². The molecule has 2 aromatic heterocycles. The summed E-state index contributed by atoms with van der Waals surface area (Å²) >= 11 is 3.15. The monoisotopic (exact) mass is 363 g/mol. The van der Waals surface area contributed by atoms with Crippen molar-refractivity contribution in [3.05, 3.63) is 47.1 Å². The number of ether oxygens (including phenoxy) is 1. The number of methoxy groups -OCH3 is 1. The first kappa shape index (κ1) is 14.3. The number of hydrogen-bond acceptors (Lipinski definition) is 6. The molecular formula is C13H10BrN5O3. The lowest BCUT2D eigenvalue weighted by molar-refractivity contribution is 0.0995. The Morgan fingerprint density at radius 1 is 1.36 bits per heavy atom. The topological polar surface area (TPSA) is 95.1 Å². The van der Waals surface area contributed by atoms with Gasteiger partial charge in [-0.2, -0.15) is 4.68 Å². The van der Waals surface area contributed by atoms with Gasteiger partial charge in [0.25, 0.3) is 5.91 Å². The van der Waals surface area contributed by atoms with E-state index in [0.717, 1.165) is 0 Å². The molecule has 0 atom stereocenters. The Morgan fingerprint density at radius 2 is 2.23 bits per heavy atom. The second-order valence-electron chi connectivity index (χ2n) is 4.20. The fraction of sp³-hybridized carbons (Fsp3) is 0.0769. The van der Waals surface area contributed by atoms with Crippen LogP contribution >= 0.6 is 15.9 Å². The van der Waals surface area contributed by atoms with Gasteiger partial charge < -0.3 is 14.5 Å². The highest BCUT2D eigenvalue weighted by atomic mass is 79.9. The minimum atomic E-state index is -0.362. The van der Waals surface area contributed by atoms with Gasteiger partial charge in [0.2, 0.25) is 0 Å². The fourth-order valence-electron chi connectivity index (χ4n) is 1.85. The van der Waals surface area contributed by atoms with Crippen molar-refractivity contribution in [2.24, 2.45) is 0 Å². The van der Waals surface area contributed by atoms with Gasteiger partial charge in [0, 0.05) is 5.69 Å². The van der Waals surface area contributed by atoms with Gasteiger partial charge in [-0.25, -0.2) is 0 Å². The molecule has 0 bridgehead atoms. The zero-order valence-corrected chi connectivity index (χ0v) is 12.9. The molecule has 9 heteroatoms. The molecule has 0 saturated carbocycles. The highest BCUT2D eigenvalue weighted by molar-refractivity contribution is 9.10. The first-order valence-corrected chi connectivity index (χ1v) is 6.95. The second-order valence-corrected chi connectivity index (χ2v) is 4.98. The number of amides is 1. The fourth-order valence-corrected chi connectivity index (χ4v) is 2.15. The Kier molecular flexibility index (Phi) is 3.88. The summed E-state index contributed by atoms with van der Waals surface area (Å²) in [5.41, 5.74) is 1.16. The normalized spacial score (nSPS) is 10.5. The minimum absolute atomic E-state index is 0.201. The van der Waals surface area contributed by atoms with Crippen LogP contribution < -0.4 is 10.1 Å². The average molecular weight is 364 g/mol. The lowest BCUT2D eigenvalue weighted by Gasteiger charge is -2.10. The van der Waals surface area contributed by atoms with Crippen molar-refractivity contribution in [3.8, 4) is 11.4 Å². The number of nitrogens with one attached hydrogen (secondary N) is 1. The van der Waals surface area contributed by atoms with Crippen LogP contribution in [0.4, 0.5) is 5.69 Å². The van der Waals surface area contributed by atoms with Gasteiger partial charge in [0.15, 0.2) is 10.4 Å². The van der Waals surface area contributed by atoms with E-state index in [-0.39, 0.29) is 11.7 Å². The molecule has 0 aliphatic carbocycles. The van der Waals surface area contributed by atoms with Crippen molar-refractivity contribution >= 4 is 27.5 Å². The number of hydrogen-bond donors (Lipinski definition) is 1. The first-order valence-electron chi connectivity index (χ1n) is 6.15. The van der Waals surface area contributed by atoms with Crippen LogP contribution in [0.2, 0.25) is 0 Å². The van der Waals surface area contributed by atoms with E-state index in [1.807, 2.05) is 0 Å². The molecule has 22 heavy (non-hydrogen) atoms. The number of anilines is 1. The largest absolute Gasteiger partial charge is 0.494 e. The summed E-state index contributed by atoms with van der Waals surface area (Å²) in [6.07, 6.45) is 1.44. The molecule has 1 amide bonds. The van der Waals surface area contributed by atoms with Crippen molar-refractivity contribution in [2.75, 3.05) is 12.4 Å². The number of halogens is 1. The Balaban J connectivity index is 1.89. The lowest BCUT2D eigenvalue weighted by Crippen LogP contribution is -2.11. The Morgan fingerprint density at radius 3 is 2.86 bits per heavy atom. The third-order valence-electron chi connectivity index (χ3n) is 2.83. The van der Waals surface area contributed by atoms with Crippen LogP contribution in [0.15, 0.2) is 45.7 Å². The van der Waals surface area contributed by atoms with E-state index >= 15 is 0 Å². The van der Waals surface area contributed by atoms with Crippen LogP contribution in [0.5, 0.6) is 5.75 Å². The molecule has 112 valence electrons.